The SMILES string of the molecule is C.CC1(C)O[C@@H]2[C@@H](CS)OC(=O)[C@@H]2O1. The molecule has 0 spiro atoms. The molecular formula is C9H16O4S. The van der Waals surface area contributed by atoms with Crippen molar-refractivity contribution in [1.82, 2.24) is 0 Å². The van der Waals surface area contributed by atoms with E-state index in [1.807, 2.05) is 0 Å². The van der Waals surface area contributed by atoms with Crippen LogP contribution >= 0.6 is 12.6 Å². The Bertz CT molecular complexity index is 241. The summed E-state index contributed by atoms with van der Waals surface area (Å²) in [4.78, 5) is 11.3. The molecule has 0 aliphatic carbocycles. The van der Waals surface area contributed by atoms with Gasteiger partial charge in [0.2, 0.25) is 0 Å². The van der Waals surface area contributed by atoms with E-state index in [0.717, 1.165) is 0 Å². The van der Waals surface area contributed by atoms with Crippen molar-refractivity contribution in [2.75, 3.05) is 5.75 Å². The minimum Gasteiger partial charge on any atom is -0.457 e. The molecule has 3 atom stereocenters. The van der Waals surface area contributed by atoms with Crippen LogP contribution in [0.5, 0.6) is 0 Å². The lowest BCUT2D eigenvalue weighted by molar-refractivity contribution is -0.185. The first kappa shape index (κ1) is 11.8. The van der Waals surface area contributed by atoms with Gasteiger partial charge in [0.15, 0.2) is 11.9 Å². The fraction of sp³-hybridized carbons (Fsp3) is 0.889. The Hall–Kier alpha value is -0.260. The molecule has 2 fully saturated rings. The van der Waals surface area contributed by atoms with Gasteiger partial charge in [-0.05, 0) is 13.8 Å². The summed E-state index contributed by atoms with van der Waals surface area (Å²) < 4.78 is 15.9. The van der Waals surface area contributed by atoms with Gasteiger partial charge in [-0.2, -0.15) is 12.6 Å². The van der Waals surface area contributed by atoms with Gasteiger partial charge in [-0.3, -0.25) is 0 Å². The Morgan fingerprint density at radius 2 is 2.07 bits per heavy atom. The average molecular weight is 220 g/mol. The van der Waals surface area contributed by atoms with Crippen molar-refractivity contribution < 1.29 is 19.0 Å². The highest BCUT2D eigenvalue weighted by atomic mass is 32.1. The average Bonchev–Trinajstić information content (AvgIpc) is 2.47. The molecule has 0 aromatic heterocycles. The van der Waals surface area contributed by atoms with Crippen molar-refractivity contribution in [3.8, 4) is 0 Å². The topological polar surface area (TPSA) is 44.8 Å². The molecule has 2 heterocycles. The quantitative estimate of drug-likeness (QED) is 0.529. The number of thiol groups is 1. The van der Waals surface area contributed by atoms with Crippen molar-refractivity contribution in [3.05, 3.63) is 0 Å². The van der Waals surface area contributed by atoms with Crippen LogP contribution in [0.1, 0.15) is 21.3 Å². The third-order valence-electron chi connectivity index (χ3n) is 2.18. The zero-order chi connectivity index (χ0) is 9.64. The third kappa shape index (κ3) is 1.76. The largest absolute Gasteiger partial charge is 0.457 e. The predicted octanol–water partition coefficient (Wildman–Crippen LogP) is 0.998. The van der Waals surface area contributed by atoms with Crippen LogP contribution in [0.25, 0.3) is 0 Å². The van der Waals surface area contributed by atoms with Gasteiger partial charge in [0, 0.05) is 5.75 Å². The molecule has 0 unspecified atom stereocenters. The van der Waals surface area contributed by atoms with Crippen LogP contribution in [0.3, 0.4) is 0 Å². The monoisotopic (exact) mass is 220 g/mol. The van der Waals surface area contributed by atoms with E-state index in [1.54, 1.807) is 13.8 Å². The molecule has 0 aromatic rings. The lowest BCUT2D eigenvalue weighted by Gasteiger charge is -2.20. The summed E-state index contributed by atoms with van der Waals surface area (Å²) in [5, 5.41) is 0. The van der Waals surface area contributed by atoms with E-state index in [-0.39, 0.29) is 25.6 Å². The van der Waals surface area contributed by atoms with Crippen LogP contribution in [0, 0.1) is 0 Å². The first-order valence-corrected chi connectivity index (χ1v) is 4.84. The summed E-state index contributed by atoms with van der Waals surface area (Å²) in [6.45, 7) is 3.57. The number of esters is 1. The van der Waals surface area contributed by atoms with E-state index in [9.17, 15) is 4.79 Å². The molecule has 2 aliphatic rings. The van der Waals surface area contributed by atoms with E-state index >= 15 is 0 Å². The van der Waals surface area contributed by atoms with E-state index in [2.05, 4.69) is 12.6 Å². The van der Waals surface area contributed by atoms with Gasteiger partial charge < -0.3 is 14.2 Å². The molecule has 2 rings (SSSR count). The normalized spacial score (nSPS) is 38.8. The number of fused-ring (bicyclic) bond motifs is 1. The molecule has 5 heteroatoms. The highest BCUT2D eigenvalue weighted by Crippen LogP contribution is 2.36. The Labute approximate surface area is 89.3 Å². The number of ether oxygens (including phenoxy) is 3. The van der Waals surface area contributed by atoms with Crippen LogP contribution in [0.15, 0.2) is 0 Å². The molecule has 0 radical (unpaired) electrons. The summed E-state index contributed by atoms with van der Waals surface area (Å²) in [6.07, 6.45) is -1.13. The fourth-order valence-corrected chi connectivity index (χ4v) is 1.95. The van der Waals surface area contributed by atoms with Crippen molar-refractivity contribution in [2.45, 2.75) is 45.4 Å². The predicted molar refractivity (Wildman–Crippen MR) is 54.3 cm³/mol. The molecule has 0 bridgehead atoms. The molecule has 2 saturated heterocycles. The lowest BCUT2D eigenvalue weighted by atomic mass is 10.2. The summed E-state index contributed by atoms with van der Waals surface area (Å²) in [5.74, 6) is -0.558. The Morgan fingerprint density at radius 1 is 1.43 bits per heavy atom. The van der Waals surface area contributed by atoms with Crippen molar-refractivity contribution >= 4 is 18.6 Å². The molecule has 0 N–H and O–H groups in total. The summed E-state index contributed by atoms with van der Waals surface area (Å²) >= 11 is 4.08. The minimum atomic E-state index is -0.685. The van der Waals surface area contributed by atoms with Crippen LogP contribution in [0.2, 0.25) is 0 Å². The maximum atomic E-state index is 11.3. The molecular weight excluding hydrogens is 204 g/mol. The molecule has 82 valence electrons. The van der Waals surface area contributed by atoms with Crippen LogP contribution < -0.4 is 0 Å². The number of hydrogen-bond acceptors (Lipinski definition) is 5. The number of carbonyl (C=O) groups is 1. The number of rotatable bonds is 1. The number of carbonyl (C=O) groups excluding carboxylic acids is 1. The maximum Gasteiger partial charge on any atom is 0.338 e. The van der Waals surface area contributed by atoms with E-state index < -0.39 is 11.9 Å². The second-order valence-corrected chi connectivity index (χ2v) is 4.04. The molecule has 4 nitrogen and oxygen atoms in total. The van der Waals surface area contributed by atoms with Gasteiger partial charge in [0.05, 0.1) is 0 Å². The second kappa shape index (κ2) is 3.72. The zero-order valence-corrected chi connectivity index (χ0v) is 8.41. The van der Waals surface area contributed by atoms with Crippen molar-refractivity contribution in [3.63, 3.8) is 0 Å². The number of cyclic esters (lactones) is 1. The Kier molecular flexibility index (Phi) is 3.13. The summed E-state index contributed by atoms with van der Waals surface area (Å²) in [7, 11) is 0. The molecule has 14 heavy (non-hydrogen) atoms. The van der Waals surface area contributed by atoms with Gasteiger partial charge in [0.25, 0.3) is 0 Å². The summed E-state index contributed by atoms with van der Waals surface area (Å²) in [5.41, 5.74) is 0. The van der Waals surface area contributed by atoms with Crippen LogP contribution in [-0.4, -0.2) is 35.8 Å². The van der Waals surface area contributed by atoms with Gasteiger partial charge in [0.1, 0.15) is 12.2 Å². The minimum absolute atomic E-state index is 0. The zero-order valence-electron chi connectivity index (χ0n) is 7.52. The van der Waals surface area contributed by atoms with E-state index in [0.29, 0.717) is 5.75 Å². The third-order valence-corrected chi connectivity index (χ3v) is 2.54. The van der Waals surface area contributed by atoms with Crippen LogP contribution in [-0.2, 0) is 19.0 Å². The summed E-state index contributed by atoms with van der Waals surface area (Å²) in [6, 6.07) is 0. The first-order valence-electron chi connectivity index (χ1n) is 4.20. The smallest absolute Gasteiger partial charge is 0.338 e. The maximum absolute atomic E-state index is 11.3. The molecule has 0 aromatic carbocycles. The highest BCUT2D eigenvalue weighted by molar-refractivity contribution is 7.80. The van der Waals surface area contributed by atoms with Gasteiger partial charge >= 0.3 is 5.97 Å². The van der Waals surface area contributed by atoms with Gasteiger partial charge in [-0.1, -0.05) is 7.43 Å². The molecule has 0 amide bonds. The van der Waals surface area contributed by atoms with Gasteiger partial charge in [-0.15, -0.1) is 0 Å². The fourth-order valence-electron chi connectivity index (χ4n) is 1.67. The lowest BCUT2D eigenvalue weighted by Crippen LogP contribution is -2.30. The van der Waals surface area contributed by atoms with E-state index in [1.165, 1.54) is 0 Å². The Balaban J connectivity index is 0.000000980. The van der Waals surface area contributed by atoms with Crippen molar-refractivity contribution in [2.24, 2.45) is 0 Å². The van der Waals surface area contributed by atoms with Crippen LogP contribution in [0.4, 0.5) is 0 Å². The highest BCUT2D eigenvalue weighted by Gasteiger charge is 2.55. The van der Waals surface area contributed by atoms with Crippen molar-refractivity contribution in [1.29, 1.82) is 0 Å². The molecule has 2 aliphatic heterocycles. The standard InChI is InChI=1S/C8H12O4S.CH4/c1-8(2)11-5-4(3-13)10-7(9)6(5)12-8;/h4-6,13H,3H2,1-2H3;1H4/t4-,5-,6-;/m1./s1. The second-order valence-electron chi connectivity index (χ2n) is 3.68. The van der Waals surface area contributed by atoms with Gasteiger partial charge in [-0.25, -0.2) is 4.79 Å². The first-order chi connectivity index (χ1) is 6.03. The number of hydrogen-bond donors (Lipinski definition) is 1. The Morgan fingerprint density at radius 3 is 2.64 bits per heavy atom. The van der Waals surface area contributed by atoms with E-state index in [4.69, 9.17) is 14.2 Å². The molecule has 0 saturated carbocycles.